The largest absolute Gasteiger partial charge is 0.490 e. The van der Waals surface area contributed by atoms with Gasteiger partial charge in [0.2, 0.25) is 11.7 Å². The van der Waals surface area contributed by atoms with E-state index in [1.165, 1.54) is 0 Å². The van der Waals surface area contributed by atoms with Crippen LogP contribution in [0, 0.1) is 5.92 Å². The number of benzene rings is 1. The van der Waals surface area contributed by atoms with Gasteiger partial charge in [-0.3, -0.25) is 9.59 Å². The highest BCUT2D eigenvalue weighted by atomic mass is 16.6. The van der Waals surface area contributed by atoms with Crippen LogP contribution in [0.3, 0.4) is 0 Å². The fourth-order valence-corrected chi connectivity index (χ4v) is 3.82. The number of nitrogens with zero attached hydrogens (tertiary/aromatic N) is 1. The van der Waals surface area contributed by atoms with Crippen molar-refractivity contribution in [3.63, 3.8) is 0 Å². The summed E-state index contributed by atoms with van der Waals surface area (Å²) >= 11 is 0. The lowest BCUT2D eigenvalue weighted by Crippen LogP contribution is -2.46. The molecular weight excluding hydrogens is 466 g/mol. The molecule has 2 rings (SSSR count). The molecular formula is C26H41N3O7. The average Bonchev–Trinajstić information content (AvgIpc) is 2.82. The van der Waals surface area contributed by atoms with Crippen molar-refractivity contribution >= 4 is 17.9 Å². The minimum Gasteiger partial charge on any atom is -0.490 e. The van der Waals surface area contributed by atoms with Crippen LogP contribution in [0.5, 0.6) is 17.2 Å². The van der Waals surface area contributed by atoms with Gasteiger partial charge in [-0.25, -0.2) is 4.79 Å². The van der Waals surface area contributed by atoms with E-state index in [1.54, 1.807) is 37.8 Å². The van der Waals surface area contributed by atoms with Gasteiger partial charge in [-0.2, -0.15) is 0 Å². The molecule has 1 saturated heterocycles. The number of rotatable bonds is 11. The lowest BCUT2D eigenvalue weighted by atomic mass is 9.96. The molecule has 0 radical (unpaired) electrons. The summed E-state index contributed by atoms with van der Waals surface area (Å²) in [6.45, 7) is 13.8. The van der Waals surface area contributed by atoms with Gasteiger partial charge in [0, 0.05) is 25.2 Å². The van der Waals surface area contributed by atoms with Crippen LogP contribution in [0.15, 0.2) is 12.1 Å². The standard InChI is InChI=1S/C26H41N3O7/c1-7-33-20-14-19(15-21(34-8-2)23(20)35-9-3)24(31)27-16-18-10-12-29(13-11-18)22(30)17-28-25(32)36-26(4,5)6/h14-15,18H,7-13,16-17H2,1-6H3,(H,27,31)(H,28,32). The second-order valence-electron chi connectivity index (χ2n) is 9.49. The first-order valence-corrected chi connectivity index (χ1v) is 12.7. The summed E-state index contributed by atoms with van der Waals surface area (Å²) in [6, 6.07) is 3.34. The minimum atomic E-state index is -0.615. The minimum absolute atomic E-state index is 0.0988. The summed E-state index contributed by atoms with van der Waals surface area (Å²) < 4.78 is 22.3. The van der Waals surface area contributed by atoms with Gasteiger partial charge >= 0.3 is 6.09 Å². The van der Waals surface area contributed by atoms with E-state index < -0.39 is 11.7 Å². The number of alkyl carbamates (subject to hydrolysis) is 1. The first kappa shape index (κ1) is 29.1. The van der Waals surface area contributed by atoms with Gasteiger partial charge in [0.1, 0.15) is 12.1 Å². The first-order valence-electron chi connectivity index (χ1n) is 12.7. The number of hydrogen-bond donors (Lipinski definition) is 2. The van der Waals surface area contributed by atoms with Gasteiger partial charge in [-0.1, -0.05) is 0 Å². The Bertz CT molecular complexity index is 863. The molecule has 0 aliphatic carbocycles. The van der Waals surface area contributed by atoms with Gasteiger partial charge in [0.25, 0.3) is 5.91 Å². The van der Waals surface area contributed by atoms with Crippen LogP contribution in [-0.4, -0.2) is 74.4 Å². The zero-order chi connectivity index (χ0) is 26.7. The summed E-state index contributed by atoms with van der Waals surface area (Å²) in [5.41, 5.74) is -0.178. The van der Waals surface area contributed by atoms with Crippen LogP contribution in [0.1, 0.15) is 64.7 Å². The Labute approximate surface area is 214 Å². The maximum atomic E-state index is 12.9. The quantitative estimate of drug-likeness (QED) is 0.472. The third-order valence-corrected chi connectivity index (χ3v) is 5.47. The molecule has 202 valence electrons. The molecule has 1 aliphatic rings. The van der Waals surface area contributed by atoms with Crippen molar-refractivity contribution in [1.29, 1.82) is 0 Å². The first-order chi connectivity index (χ1) is 17.1. The van der Waals surface area contributed by atoms with Crippen LogP contribution < -0.4 is 24.8 Å². The van der Waals surface area contributed by atoms with Crippen LogP contribution >= 0.6 is 0 Å². The molecule has 3 amide bonds. The molecule has 0 spiro atoms. The topological polar surface area (TPSA) is 115 Å². The number of likely N-dealkylation sites (tertiary alicyclic amines) is 1. The second kappa shape index (κ2) is 13.8. The van der Waals surface area contributed by atoms with Crippen LogP contribution in [0.4, 0.5) is 4.79 Å². The molecule has 1 aromatic rings. The van der Waals surface area contributed by atoms with Crippen molar-refractivity contribution in [2.75, 3.05) is 46.0 Å². The van der Waals surface area contributed by atoms with Crippen molar-refractivity contribution in [3.05, 3.63) is 17.7 Å². The lowest BCUT2D eigenvalue weighted by molar-refractivity contribution is -0.131. The highest BCUT2D eigenvalue weighted by molar-refractivity contribution is 5.95. The van der Waals surface area contributed by atoms with E-state index in [-0.39, 0.29) is 24.3 Å². The van der Waals surface area contributed by atoms with Gasteiger partial charge in [0.05, 0.1) is 19.8 Å². The Morgan fingerprint density at radius 1 is 0.917 bits per heavy atom. The van der Waals surface area contributed by atoms with E-state index in [4.69, 9.17) is 18.9 Å². The van der Waals surface area contributed by atoms with Gasteiger partial charge in [-0.05, 0) is 72.4 Å². The SMILES string of the molecule is CCOc1cc(C(=O)NCC2CCN(C(=O)CNC(=O)OC(C)(C)C)CC2)cc(OCC)c1OCC. The van der Waals surface area contributed by atoms with Crippen molar-refractivity contribution in [1.82, 2.24) is 15.5 Å². The Hall–Kier alpha value is -3.17. The number of piperidine rings is 1. The molecule has 0 bridgehead atoms. The summed E-state index contributed by atoms with van der Waals surface area (Å²) in [4.78, 5) is 38.8. The maximum absolute atomic E-state index is 12.9. The van der Waals surface area contributed by atoms with Crippen molar-refractivity contribution in [2.45, 2.75) is 60.0 Å². The summed E-state index contributed by atoms with van der Waals surface area (Å²) in [7, 11) is 0. The Kier molecular flexibility index (Phi) is 11.1. The molecule has 0 atom stereocenters. The number of carbonyl (C=O) groups is 3. The highest BCUT2D eigenvalue weighted by Gasteiger charge is 2.25. The van der Waals surface area contributed by atoms with Crippen LogP contribution in [-0.2, 0) is 9.53 Å². The fourth-order valence-electron chi connectivity index (χ4n) is 3.82. The molecule has 10 heteroatoms. The van der Waals surface area contributed by atoms with E-state index in [1.807, 2.05) is 20.8 Å². The predicted octanol–water partition coefficient (Wildman–Crippen LogP) is 3.38. The number of ether oxygens (including phenoxy) is 4. The van der Waals surface area contributed by atoms with E-state index in [2.05, 4.69) is 10.6 Å². The van der Waals surface area contributed by atoms with Crippen molar-refractivity contribution in [3.8, 4) is 17.2 Å². The molecule has 1 heterocycles. The lowest BCUT2D eigenvalue weighted by Gasteiger charge is -2.32. The van der Waals surface area contributed by atoms with Crippen molar-refractivity contribution in [2.24, 2.45) is 5.92 Å². The number of nitrogens with one attached hydrogen (secondary N) is 2. The van der Waals surface area contributed by atoms with Crippen LogP contribution in [0.25, 0.3) is 0 Å². The molecule has 1 fully saturated rings. The van der Waals surface area contributed by atoms with Gasteiger partial charge < -0.3 is 34.5 Å². The highest BCUT2D eigenvalue weighted by Crippen LogP contribution is 2.39. The maximum Gasteiger partial charge on any atom is 0.408 e. The summed E-state index contributed by atoms with van der Waals surface area (Å²) in [5, 5.41) is 5.50. The molecule has 36 heavy (non-hydrogen) atoms. The van der Waals surface area contributed by atoms with Gasteiger partial charge in [0.15, 0.2) is 11.5 Å². The number of amides is 3. The molecule has 10 nitrogen and oxygen atoms in total. The Balaban J connectivity index is 1.87. The molecule has 2 N–H and O–H groups in total. The zero-order valence-corrected chi connectivity index (χ0v) is 22.4. The fraction of sp³-hybridized carbons (Fsp3) is 0.654. The monoisotopic (exact) mass is 507 g/mol. The number of hydrogen-bond acceptors (Lipinski definition) is 7. The normalized spacial score (nSPS) is 14.1. The number of carbonyl (C=O) groups excluding carboxylic acids is 3. The third-order valence-electron chi connectivity index (χ3n) is 5.47. The van der Waals surface area contributed by atoms with E-state index in [9.17, 15) is 14.4 Å². The van der Waals surface area contributed by atoms with Crippen LogP contribution in [0.2, 0.25) is 0 Å². The average molecular weight is 508 g/mol. The van der Waals surface area contributed by atoms with Crippen molar-refractivity contribution < 1.29 is 33.3 Å². The molecule has 0 unspecified atom stereocenters. The predicted molar refractivity (Wildman–Crippen MR) is 136 cm³/mol. The summed E-state index contributed by atoms with van der Waals surface area (Å²) in [5.74, 6) is 1.32. The van der Waals surface area contributed by atoms with Gasteiger partial charge in [-0.15, -0.1) is 0 Å². The third kappa shape index (κ3) is 9.13. The molecule has 0 saturated carbocycles. The Morgan fingerprint density at radius 2 is 1.47 bits per heavy atom. The molecule has 1 aromatic carbocycles. The van der Waals surface area contributed by atoms with E-state index >= 15 is 0 Å². The molecule has 0 aromatic heterocycles. The Morgan fingerprint density at radius 3 is 1.97 bits per heavy atom. The summed E-state index contributed by atoms with van der Waals surface area (Å²) in [6.07, 6.45) is 0.912. The smallest absolute Gasteiger partial charge is 0.408 e. The van der Waals surface area contributed by atoms with E-state index in [0.717, 1.165) is 12.8 Å². The zero-order valence-electron chi connectivity index (χ0n) is 22.4. The second-order valence-corrected chi connectivity index (χ2v) is 9.49. The molecule has 1 aliphatic heterocycles. The van der Waals surface area contributed by atoms with E-state index in [0.29, 0.717) is 62.3 Å².